The van der Waals surface area contributed by atoms with Gasteiger partial charge in [0.25, 0.3) is 0 Å². The van der Waals surface area contributed by atoms with Gasteiger partial charge in [0.2, 0.25) is 12.1 Å². The molecule has 1 aliphatic rings. The van der Waals surface area contributed by atoms with Crippen LogP contribution < -0.4 is 11.0 Å². The number of carbonyl (C=O) groups excluding carboxylic acids is 1. The molecule has 0 bridgehead atoms. The summed E-state index contributed by atoms with van der Waals surface area (Å²) in [5.41, 5.74) is -1.08. The molecule has 3 unspecified atom stereocenters. The van der Waals surface area contributed by atoms with Gasteiger partial charge in [0.15, 0.2) is 6.10 Å². The van der Waals surface area contributed by atoms with Crippen LogP contribution in [-0.4, -0.2) is 50.4 Å². The second-order valence-corrected chi connectivity index (χ2v) is 8.98. The number of ether oxygens (including phenoxy) is 1. The highest BCUT2D eigenvalue weighted by molar-refractivity contribution is 5.89. The number of hydrogen-bond acceptors (Lipinski definition) is 6. The minimum absolute atomic E-state index is 0.0725. The zero-order valence-corrected chi connectivity index (χ0v) is 22.3. The molecule has 0 spiro atoms. The minimum Gasteiger partial charge on any atom is -0.394 e. The van der Waals surface area contributed by atoms with Crippen LogP contribution in [0.2, 0.25) is 0 Å². The number of amides is 1. The summed E-state index contributed by atoms with van der Waals surface area (Å²) in [6.45, 7) is 1.29. The van der Waals surface area contributed by atoms with Gasteiger partial charge >= 0.3 is 11.6 Å². The average Bonchev–Trinajstić information content (AvgIpc) is 3.14. The molecule has 1 amide bonds. The molecule has 2 rings (SSSR count). The lowest BCUT2D eigenvalue weighted by atomic mass is 10.1. The summed E-state index contributed by atoms with van der Waals surface area (Å²) in [6, 6.07) is 1.20. The maximum atomic E-state index is 14.3. The lowest BCUT2D eigenvalue weighted by Gasteiger charge is -2.21. The third-order valence-electron chi connectivity index (χ3n) is 5.84. The van der Waals surface area contributed by atoms with Crippen LogP contribution >= 0.6 is 0 Å². The maximum absolute atomic E-state index is 14.3. The van der Waals surface area contributed by atoms with Crippen LogP contribution in [0.5, 0.6) is 0 Å². The summed E-state index contributed by atoms with van der Waals surface area (Å²) in [6.07, 6.45) is 22.4. The average molecular weight is 548 g/mol. The van der Waals surface area contributed by atoms with E-state index in [4.69, 9.17) is 9.84 Å². The minimum atomic E-state index is -3.80. The predicted molar refractivity (Wildman–Crippen MR) is 147 cm³/mol. The number of aliphatic hydroxyl groups is 2. The number of nitrogens with one attached hydrogen (secondary N) is 1. The van der Waals surface area contributed by atoms with Crippen molar-refractivity contribution in [3.8, 4) is 0 Å². The summed E-state index contributed by atoms with van der Waals surface area (Å²) in [5, 5.41) is 21.2. The van der Waals surface area contributed by atoms with Gasteiger partial charge in [0, 0.05) is 12.6 Å². The van der Waals surface area contributed by atoms with E-state index in [-0.39, 0.29) is 18.1 Å². The Balaban J connectivity index is 1.64. The zero-order valence-electron chi connectivity index (χ0n) is 22.3. The number of carbonyl (C=O) groups is 1. The second-order valence-electron chi connectivity index (χ2n) is 8.98. The number of anilines is 1. The molecule has 3 atom stereocenters. The van der Waals surface area contributed by atoms with Crippen molar-refractivity contribution < 1.29 is 28.5 Å². The van der Waals surface area contributed by atoms with Crippen LogP contribution in [0, 0.1) is 0 Å². The number of unbranched alkanes of at least 4 members (excludes halogenated alkanes) is 1. The molecular weight excluding hydrogens is 508 g/mol. The third-order valence-corrected chi connectivity index (χ3v) is 5.84. The quantitative estimate of drug-likeness (QED) is 0.199. The number of nitrogens with zero attached hydrogens (tertiary/aromatic N) is 2. The van der Waals surface area contributed by atoms with Gasteiger partial charge in [-0.1, -0.05) is 67.7 Å². The molecule has 39 heavy (non-hydrogen) atoms. The molecule has 10 heteroatoms. The molecule has 0 radical (unpaired) electrons. The first-order valence-electron chi connectivity index (χ1n) is 13.3. The van der Waals surface area contributed by atoms with E-state index < -0.39 is 36.7 Å². The number of alkyl halides is 2. The van der Waals surface area contributed by atoms with E-state index in [1.54, 1.807) is 0 Å². The lowest BCUT2D eigenvalue weighted by Crippen LogP contribution is -2.41. The maximum Gasteiger partial charge on any atom is 0.351 e. The highest BCUT2D eigenvalue weighted by atomic mass is 19.3. The van der Waals surface area contributed by atoms with Crippen molar-refractivity contribution in [2.45, 2.75) is 82.6 Å². The van der Waals surface area contributed by atoms with Crippen molar-refractivity contribution in [3.63, 3.8) is 0 Å². The predicted octanol–water partition coefficient (Wildman–Crippen LogP) is 4.99. The molecule has 1 aromatic heterocycles. The highest BCUT2D eigenvalue weighted by Gasteiger charge is 2.59. The van der Waals surface area contributed by atoms with Crippen molar-refractivity contribution in [2.24, 2.45) is 0 Å². The topological polar surface area (TPSA) is 114 Å². The van der Waals surface area contributed by atoms with Crippen molar-refractivity contribution in [3.05, 3.63) is 83.5 Å². The van der Waals surface area contributed by atoms with Crippen LogP contribution in [0.3, 0.4) is 0 Å². The number of allylic oxidation sites excluding steroid dienone is 10. The van der Waals surface area contributed by atoms with E-state index in [0.717, 1.165) is 38.3 Å². The Morgan fingerprint density at radius 1 is 1.05 bits per heavy atom. The van der Waals surface area contributed by atoms with Crippen molar-refractivity contribution in [1.82, 2.24) is 9.55 Å². The number of aliphatic hydroxyl groups excluding tert-OH is 2. The number of halogens is 2. The van der Waals surface area contributed by atoms with Crippen LogP contribution in [0.1, 0.15) is 64.5 Å². The van der Waals surface area contributed by atoms with Gasteiger partial charge in [-0.2, -0.15) is 13.8 Å². The van der Waals surface area contributed by atoms with Gasteiger partial charge in [0.05, 0.1) is 6.61 Å². The number of hydrogen-bond donors (Lipinski definition) is 3. The normalized spacial score (nSPS) is 21.4. The fraction of sp³-hybridized carbons (Fsp3) is 0.483. The Labute approximate surface area is 228 Å². The summed E-state index contributed by atoms with van der Waals surface area (Å²) in [4.78, 5) is 28.0. The van der Waals surface area contributed by atoms with Crippen molar-refractivity contribution >= 4 is 11.7 Å². The summed E-state index contributed by atoms with van der Waals surface area (Å²) >= 11 is 0. The van der Waals surface area contributed by atoms with Crippen LogP contribution in [-0.2, 0) is 9.53 Å². The second kappa shape index (κ2) is 17.4. The van der Waals surface area contributed by atoms with Gasteiger partial charge in [-0.15, -0.1) is 0 Å². The Morgan fingerprint density at radius 2 is 1.62 bits per heavy atom. The molecule has 1 aliphatic heterocycles. The fourth-order valence-corrected chi connectivity index (χ4v) is 3.73. The Hall–Kier alpha value is -3.21. The Kier molecular flexibility index (Phi) is 14.3. The first-order valence-corrected chi connectivity index (χ1v) is 13.3. The molecule has 214 valence electrons. The fourth-order valence-electron chi connectivity index (χ4n) is 3.73. The molecule has 1 aromatic rings. The van der Waals surface area contributed by atoms with Gasteiger partial charge in [-0.05, 0) is 51.0 Å². The van der Waals surface area contributed by atoms with Gasteiger partial charge in [-0.3, -0.25) is 9.36 Å². The summed E-state index contributed by atoms with van der Waals surface area (Å²) < 4.78 is 34.0. The molecule has 8 nitrogen and oxygen atoms in total. The third kappa shape index (κ3) is 10.8. The first-order chi connectivity index (χ1) is 18.8. The van der Waals surface area contributed by atoms with Gasteiger partial charge < -0.3 is 20.3 Å². The van der Waals surface area contributed by atoms with Gasteiger partial charge in [0.1, 0.15) is 11.9 Å². The monoisotopic (exact) mass is 547 g/mol. The SMILES string of the molecule is CCC=CCC=CCC=CCC=CCC=CCCCC(=O)Nc1ccn(C2OC(CO)C(O)C2(F)F)c(=O)n1. The molecule has 0 aromatic carbocycles. The van der Waals surface area contributed by atoms with E-state index in [9.17, 15) is 23.5 Å². The van der Waals surface area contributed by atoms with E-state index >= 15 is 0 Å². The summed E-state index contributed by atoms with van der Waals surface area (Å²) in [7, 11) is 0. The van der Waals surface area contributed by atoms with Crippen LogP contribution in [0.25, 0.3) is 0 Å². The molecule has 3 N–H and O–H groups in total. The highest BCUT2D eigenvalue weighted by Crippen LogP contribution is 2.41. The van der Waals surface area contributed by atoms with Crippen molar-refractivity contribution in [1.29, 1.82) is 0 Å². The number of aromatic nitrogens is 2. The molecule has 2 heterocycles. The van der Waals surface area contributed by atoms with E-state index in [0.29, 0.717) is 17.4 Å². The summed E-state index contributed by atoms with van der Waals surface area (Å²) in [5.74, 6) is -4.23. The largest absolute Gasteiger partial charge is 0.394 e. The zero-order chi connectivity index (χ0) is 28.5. The Morgan fingerprint density at radius 3 is 2.13 bits per heavy atom. The molecule has 0 aliphatic carbocycles. The Bertz CT molecular complexity index is 1090. The molecule has 1 fully saturated rings. The van der Waals surface area contributed by atoms with Crippen LogP contribution in [0.15, 0.2) is 77.8 Å². The first kappa shape index (κ1) is 32.0. The van der Waals surface area contributed by atoms with Crippen LogP contribution in [0.4, 0.5) is 14.6 Å². The molecular formula is C29H39F2N3O5. The number of rotatable bonds is 16. The standard InChI is InChI=1S/C29H39F2N3O5/c1-2-3-4-5-6-7-8-9-10-11-12-13-14-15-16-17-18-19-25(36)32-24-20-21-34(28(38)33-24)27-29(30,31)26(37)23(22-35)39-27/h3-4,6-7,9-10,12-13,15-16,20-21,23,26-27,35,37H,2,5,8,11,14,17-19,22H2,1H3,(H,32,33,36,38). The van der Waals surface area contributed by atoms with E-state index in [2.05, 4.69) is 65.8 Å². The lowest BCUT2D eigenvalue weighted by molar-refractivity contribution is -0.141. The smallest absolute Gasteiger partial charge is 0.351 e. The van der Waals surface area contributed by atoms with E-state index in [1.807, 2.05) is 12.2 Å². The van der Waals surface area contributed by atoms with Gasteiger partial charge in [-0.25, -0.2) is 4.79 Å². The van der Waals surface area contributed by atoms with E-state index in [1.165, 1.54) is 6.07 Å². The van der Waals surface area contributed by atoms with Crippen molar-refractivity contribution in [2.75, 3.05) is 11.9 Å². The molecule has 1 saturated heterocycles. The molecule has 0 saturated carbocycles.